The van der Waals surface area contributed by atoms with Crippen LogP contribution in [-0.4, -0.2) is 6.36 Å². The van der Waals surface area contributed by atoms with E-state index in [4.69, 9.17) is 5.73 Å². The zero-order valence-electron chi connectivity index (χ0n) is 10.7. The average Bonchev–Trinajstić information content (AvgIpc) is 2.32. The summed E-state index contributed by atoms with van der Waals surface area (Å²) in [7, 11) is 0. The summed E-state index contributed by atoms with van der Waals surface area (Å²) in [4.78, 5) is 0. The van der Waals surface area contributed by atoms with Gasteiger partial charge in [-0.2, -0.15) is 0 Å². The maximum absolute atomic E-state index is 12.2. The summed E-state index contributed by atoms with van der Waals surface area (Å²) < 4.78 is 40.3. The van der Waals surface area contributed by atoms with Gasteiger partial charge in [0.05, 0.1) is 0 Å². The maximum Gasteiger partial charge on any atom is 0.573 e. The van der Waals surface area contributed by atoms with Crippen LogP contribution in [0.4, 0.5) is 30.2 Å². The number of hydrogen-bond donors (Lipinski definition) is 2. The third kappa shape index (κ3) is 3.81. The molecule has 0 aliphatic heterocycles. The number of alkyl halides is 3. The molecule has 3 N–H and O–H groups in total. The Hall–Kier alpha value is -2.37. The second-order valence-electron chi connectivity index (χ2n) is 4.27. The third-order valence-electron chi connectivity index (χ3n) is 2.61. The molecule has 0 unspecified atom stereocenters. The Balaban J connectivity index is 2.21. The van der Waals surface area contributed by atoms with Gasteiger partial charge in [0, 0.05) is 23.1 Å². The van der Waals surface area contributed by atoms with Crippen LogP contribution < -0.4 is 15.8 Å². The number of nitrogen functional groups attached to an aromatic ring is 1. The molecule has 2 aromatic carbocycles. The minimum Gasteiger partial charge on any atom is -0.406 e. The van der Waals surface area contributed by atoms with Crippen molar-refractivity contribution in [1.82, 2.24) is 0 Å². The van der Waals surface area contributed by atoms with Crippen LogP contribution in [0, 0.1) is 6.92 Å². The molecule has 0 aliphatic carbocycles. The molecule has 6 heteroatoms. The lowest BCUT2D eigenvalue weighted by atomic mass is 10.1. The molecule has 0 spiro atoms. The van der Waals surface area contributed by atoms with E-state index in [2.05, 4.69) is 10.1 Å². The van der Waals surface area contributed by atoms with Gasteiger partial charge in [0.2, 0.25) is 0 Å². The summed E-state index contributed by atoms with van der Waals surface area (Å²) in [5.74, 6) is -0.274. The molecule has 0 fully saturated rings. The topological polar surface area (TPSA) is 47.3 Å². The molecular formula is C14H13F3N2O. The zero-order chi connectivity index (χ0) is 14.8. The van der Waals surface area contributed by atoms with Crippen LogP contribution in [0.2, 0.25) is 0 Å². The monoisotopic (exact) mass is 282 g/mol. The first kappa shape index (κ1) is 14.0. The number of aryl methyl sites for hydroxylation is 1. The number of nitrogens with one attached hydrogen (secondary N) is 1. The van der Waals surface area contributed by atoms with Crippen LogP contribution in [0.5, 0.6) is 5.75 Å². The highest BCUT2D eigenvalue weighted by Crippen LogP contribution is 2.28. The fraction of sp³-hybridized carbons (Fsp3) is 0.143. The van der Waals surface area contributed by atoms with Crippen LogP contribution in [0.1, 0.15) is 5.56 Å². The highest BCUT2D eigenvalue weighted by molar-refractivity contribution is 5.67. The molecule has 0 aliphatic rings. The Labute approximate surface area is 114 Å². The van der Waals surface area contributed by atoms with Crippen molar-refractivity contribution in [1.29, 1.82) is 0 Å². The number of hydrogen-bond acceptors (Lipinski definition) is 3. The predicted molar refractivity (Wildman–Crippen MR) is 72.0 cm³/mol. The van der Waals surface area contributed by atoms with Crippen LogP contribution >= 0.6 is 0 Å². The van der Waals surface area contributed by atoms with Gasteiger partial charge in [-0.3, -0.25) is 0 Å². The largest absolute Gasteiger partial charge is 0.573 e. The molecule has 0 radical (unpaired) electrons. The Morgan fingerprint density at radius 2 is 1.85 bits per heavy atom. The second-order valence-corrected chi connectivity index (χ2v) is 4.27. The van der Waals surface area contributed by atoms with Gasteiger partial charge in [0.25, 0.3) is 0 Å². The Bertz CT molecular complexity index is 612. The molecule has 3 nitrogen and oxygen atoms in total. The van der Waals surface area contributed by atoms with Gasteiger partial charge in [-0.25, -0.2) is 0 Å². The van der Waals surface area contributed by atoms with Crippen molar-refractivity contribution in [3.63, 3.8) is 0 Å². The summed E-state index contributed by atoms with van der Waals surface area (Å²) >= 11 is 0. The molecule has 2 aromatic rings. The first-order valence-corrected chi connectivity index (χ1v) is 5.82. The standard InChI is InChI=1S/C14H13F3N2O/c1-9-5-6-10(18)7-13(9)19-11-3-2-4-12(8-11)20-14(15,16)17/h2-8,19H,18H2,1H3. The average molecular weight is 282 g/mol. The van der Waals surface area contributed by atoms with Crippen LogP contribution in [0.15, 0.2) is 42.5 Å². The quantitative estimate of drug-likeness (QED) is 0.829. The van der Waals surface area contributed by atoms with Crippen molar-refractivity contribution in [3.05, 3.63) is 48.0 Å². The fourth-order valence-corrected chi connectivity index (χ4v) is 1.70. The van der Waals surface area contributed by atoms with Gasteiger partial charge in [-0.05, 0) is 36.8 Å². The first-order chi connectivity index (χ1) is 9.33. The van der Waals surface area contributed by atoms with E-state index in [1.54, 1.807) is 18.2 Å². The van der Waals surface area contributed by atoms with Gasteiger partial charge < -0.3 is 15.8 Å². The maximum atomic E-state index is 12.2. The lowest BCUT2D eigenvalue weighted by Gasteiger charge is -2.13. The summed E-state index contributed by atoms with van der Waals surface area (Å²) in [6.45, 7) is 1.87. The molecule has 2 rings (SSSR count). The van der Waals surface area contributed by atoms with Gasteiger partial charge in [-0.1, -0.05) is 12.1 Å². The second kappa shape index (κ2) is 5.32. The molecule has 20 heavy (non-hydrogen) atoms. The molecule has 0 aromatic heterocycles. The summed E-state index contributed by atoms with van der Waals surface area (Å²) in [6.07, 6.45) is -4.70. The Morgan fingerprint density at radius 1 is 1.10 bits per heavy atom. The van der Waals surface area contributed by atoms with E-state index in [0.717, 1.165) is 11.3 Å². The zero-order valence-corrected chi connectivity index (χ0v) is 10.7. The molecule has 0 heterocycles. The minimum absolute atomic E-state index is 0.274. The molecule has 0 atom stereocenters. The van der Waals surface area contributed by atoms with Crippen molar-refractivity contribution >= 4 is 17.1 Å². The molecule has 106 valence electrons. The van der Waals surface area contributed by atoms with Crippen LogP contribution in [0.25, 0.3) is 0 Å². The van der Waals surface area contributed by atoms with Gasteiger partial charge in [-0.15, -0.1) is 13.2 Å². The van der Waals surface area contributed by atoms with E-state index >= 15 is 0 Å². The van der Waals surface area contributed by atoms with Crippen molar-refractivity contribution in [3.8, 4) is 5.75 Å². The normalized spacial score (nSPS) is 11.2. The van der Waals surface area contributed by atoms with E-state index in [9.17, 15) is 13.2 Å². The highest BCUT2D eigenvalue weighted by Gasteiger charge is 2.31. The Morgan fingerprint density at radius 3 is 2.55 bits per heavy atom. The van der Waals surface area contributed by atoms with Crippen LogP contribution in [0.3, 0.4) is 0 Å². The van der Waals surface area contributed by atoms with Crippen LogP contribution in [-0.2, 0) is 0 Å². The molecule has 0 bridgehead atoms. The van der Waals surface area contributed by atoms with E-state index in [-0.39, 0.29) is 5.75 Å². The minimum atomic E-state index is -4.70. The number of nitrogens with two attached hydrogens (primary N) is 1. The van der Waals surface area contributed by atoms with Gasteiger partial charge in [0.15, 0.2) is 0 Å². The van der Waals surface area contributed by atoms with E-state index in [1.165, 1.54) is 18.2 Å². The first-order valence-electron chi connectivity index (χ1n) is 5.82. The molecular weight excluding hydrogens is 269 g/mol. The summed E-state index contributed by atoms with van der Waals surface area (Å²) in [5, 5.41) is 3.01. The number of halogens is 3. The van der Waals surface area contributed by atoms with E-state index in [1.807, 2.05) is 13.0 Å². The molecule has 0 saturated heterocycles. The Kier molecular flexibility index (Phi) is 3.74. The van der Waals surface area contributed by atoms with Gasteiger partial charge in [0.1, 0.15) is 5.75 Å². The van der Waals surface area contributed by atoms with Crippen molar-refractivity contribution in [2.45, 2.75) is 13.3 Å². The molecule has 0 saturated carbocycles. The smallest absolute Gasteiger partial charge is 0.406 e. The van der Waals surface area contributed by atoms with Crippen molar-refractivity contribution in [2.24, 2.45) is 0 Å². The van der Waals surface area contributed by atoms with E-state index < -0.39 is 6.36 Å². The summed E-state index contributed by atoms with van der Waals surface area (Å²) in [5.41, 5.74) is 8.40. The number of ether oxygens (including phenoxy) is 1. The fourth-order valence-electron chi connectivity index (χ4n) is 1.70. The predicted octanol–water partition coefficient (Wildman–Crippen LogP) is 4.22. The molecule has 0 amide bonds. The van der Waals surface area contributed by atoms with Crippen molar-refractivity contribution < 1.29 is 17.9 Å². The lowest BCUT2D eigenvalue weighted by Crippen LogP contribution is -2.17. The number of rotatable bonds is 3. The number of benzene rings is 2. The third-order valence-corrected chi connectivity index (χ3v) is 2.61. The lowest BCUT2D eigenvalue weighted by molar-refractivity contribution is -0.274. The van der Waals surface area contributed by atoms with Gasteiger partial charge >= 0.3 is 6.36 Å². The van der Waals surface area contributed by atoms with Crippen molar-refractivity contribution in [2.75, 3.05) is 11.1 Å². The summed E-state index contributed by atoms with van der Waals surface area (Å²) in [6, 6.07) is 10.9. The SMILES string of the molecule is Cc1ccc(N)cc1Nc1cccc(OC(F)(F)F)c1. The number of anilines is 3. The van der Waals surface area contributed by atoms with E-state index in [0.29, 0.717) is 11.4 Å². The highest BCUT2D eigenvalue weighted by atomic mass is 19.4.